The highest BCUT2D eigenvalue weighted by Crippen LogP contribution is 2.30. The summed E-state index contributed by atoms with van der Waals surface area (Å²) in [6.07, 6.45) is 2.37. The van der Waals surface area contributed by atoms with Crippen LogP contribution in [0.4, 0.5) is 0 Å². The van der Waals surface area contributed by atoms with Crippen LogP contribution in [0, 0.1) is 13.8 Å². The third kappa shape index (κ3) is 3.49. The van der Waals surface area contributed by atoms with Crippen molar-refractivity contribution in [1.82, 2.24) is 4.98 Å². The van der Waals surface area contributed by atoms with Crippen LogP contribution < -0.4 is 10.5 Å². The van der Waals surface area contributed by atoms with Crippen molar-refractivity contribution in [2.45, 2.75) is 26.3 Å². The van der Waals surface area contributed by atoms with Gasteiger partial charge in [0.05, 0.1) is 7.11 Å². The Kier molecular flexibility index (Phi) is 5.09. The zero-order chi connectivity index (χ0) is 15.6. The summed E-state index contributed by atoms with van der Waals surface area (Å²) in [6.45, 7) is 3.96. The number of nitrogens with two attached hydrogens (primary N) is 1. The van der Waals surface area contributed by atoms with Crippen molar-refractivity contribution in [1.29, 1.82) is 0 Å². The summed E-state index contributed by atoms with van der Waals surface area (Å²) in [5.74, 6) is 0.851. The van der Waals surface area contributed by atoms with Gasteiger partial charge in [-0.3, -0.25) is 4.98 Å². The molecule has 0 fully saturated rings. The van der Waals surface area contributed by atoms with Gasteiger partial charge in [-0.15, -0.1) is 0 Å². The van der Waals surface area contributed by atoms with Gasteiger partial charge in [0.2, 0.25) is 0 Å². The Morgan fingerprint density at radius 3 is 2.67 bits per heavy atom. The number of rotatable bonds is 4. The van der Waals surface area contributed by atoms with Gasteiger partial charge in [-0.1, -0.05) is 23.2 Å². The molecule has 0 spiro atoms. The van der Waals surface area contributed by atoms with E-state index in [1.54, 1.807) is 31.5 Å². The largest absolute Gasteiger partial charge is 0.496 e. The van der Waals surface area contributed by atoms with Crippen molar-refractivity contribution < 1.29 is 4.74 Å². The van der Waals surface area contributed by atoms with Gasteiger partial charge in [-0.05, 0) is 37.6 Å². The number of aromatic nitrogens is 1. The number of pyridine rings is 1. The smallest absolute Gasteiger partial charge is 0.128 e. The maximum Gasteiger partial charge on any atom is 0.128 e. The maximum atomic E-state index is 6.27. The first-order chi connectivity index (χ1) is 9.93. The molecule has 5 heteroatoms. The maximum absolute atomic E-state index is 6.27. The van der Waals surface area contributed by atoms with Crippen LogP contribution in [-0.4, -0.2) is 12.1 Å². The Morgan fingerprint density at radius 1 is 1.29 bits per heavy atom. The molecule has 21 heavy (non-hydrogen) atoms. The molecule has 0 bridgehead atoms. The standard InChI is InChI=1S/C16H18Cl2N2O/c1-9-8-20-15(10(2)16(9)21-3)7-14(19)12-6-11(17)4-5-13(12)18/h4-6,8,14H,7,19H2,1-3H3. The van der Waals surface area contributed by atoms with Crippen LogP contribution in [0.15, 0.2) is 24.4 Å². The second kappa shape index (κ2) is 6.65. The van der Waals surface area contributed by atoms with E-state index in [9.17, 15) is 0 Å². The fraction of sp³-hybridized carbons (Fsp3) is 0.312. The Bertz CT molecular complexity index is 659. The first kappa shape index (κ1) is 16.1. The Hall–Kier alpha value is -1.29. The summed E-state index contributed by atoms with van der Waals surface area (Å²) in [5, 5.41) is 1.24. The molecule has 112 valence electrons. The Balaban J connectivity index is 2.32. The fourth-order valence-corrected chi connectivity index (χ4v) is 2.83. The van der Waals surface area contributed by atoms with E-state index in [1.807, 2.05) is 13.8 Å². The monoisotopic (exact) mass is 324 g/mol. The van der Waals surface area contributed by atoms with Crippen LogP contribution >= 0.6 is 23.2 Å². The lowest BCUT2D eigenvalue weighted by atomic mass is 9.99. The summed E-state index contributed by atoms with van der Waals surface area (Å²) in [6, 6.07) is 5.04. The predicted octanol–water partition coefficient (Wildman–Crippen LogP) is 4.26. The summed E-state index contributed by atoms with van der Waals surface area (Å²) in [5.41, 5.74) is 10.0. The highest BCUT2D eigenvalue weighted by atomic mass is 35.5. The molecular weight excluding hydrogens is 307 g/mol. The van der Waals surface area contributed by atoms with Gasteiger partial charge in [-0.2, -0.15) is 0 Å². The van der Waals surface area contributed by atoms with E-state index < -0.39 is 0 Å². The van der Waals surface area contributed by atoms with Gasteiger partial charge in [0.25, 0.3) is 0 Å². The average Bonchev–Trinajstić information content (AvgIpc) is 2.45. The van der Waals surface area contributed by atoms with Crippen molar-refractivity contribution in [2.75, 3.05) is 7.11 Å². The van der Waals surface area contributed by atoms with E-state index in [2.05, 4.69) is 4.98 Å². The number of benzene rings is 1. The van der Waals surface area contributed by atoms with Gasteiger partial charge in [0, 0.05) is 45.5 Å². The molecule has 0 aliphatic rings. The van der Waals surface area contributed by atoms with Crippen molar-refractivity contribution >= 4 is 23.2 Å². The van der Waals surface area contributed by atoms with Gasteiger partial charge in [0.1, 0.15) is 5.75 Å². The number of hydrogen-bond acceptors (Lipinski definition) is 3. The Labute approximate surface area is 135 Å². The van der Waals surface area contributed by atoms with Crippen LogP contribution in [0.3, 0.4) is 0 Å². The molecule has 0 saturated carbocycles. The van der Waals surface area contributed by atoms with Gasteiger partial charge in [0.15, 0.2) is 0 Å². The van der Waals surface area contributed by atoms with Crippen molar-refractivity contribution in [3.8, 4) is 5.75 Å². The summed E-state index contributed by atoms with van der Waals surface area (Å²) in [7, 11) is 1.66. The minimum atomic E-state index is -0.269. The molecule has 0 radical (unpaired) electrons. The van der Waals surface area contributed by atoms with E-state index in [4.69, 9.17) is 33.7 Å². The molecule has 1 atom stereocenters. The fourth-order valence-electron chi connectivity index (χ4n) is 2.39. The molecule has 2 N–H and O–H groups in total. The van der Waals surface area contributed by atoms with Crippen LogP contribution in [0.25, 0.3) is 0 Å². The van der Waals surface area contributed by atoms with Crippen molar-refractivity contribution in [3.05, 3.63) is 56.8 Å². The molecule has 1 unspecified atom stereocenters. The van der Waals surface area contributed by atoms with Crippen molar-refractivity contribution in [2.24, 2.45) is 5.73 Å². The van der Waals surface area contributed by atoms with E-state index >= 15 is 0 Å². The average molecular weight is 325 g/mol. The number of nitrogens with zero attached hydrogens (tertiary/aromatic N) is 1. The highest BCUT2D eigenvalue weighted by Gasteiger charge is 2.16. The van der Waals surface area contributed by atoms with Crippen LogP contribution in [-0.2, 0) is 6.42 Å². The molecule has 0 aliphatic carbocycles. The van der Waals surface area contributed by atoms with Gasteiger partial charge in [-0.25, -0.2) is 0 Å². The highest BCUT2D eigenvalue weighted by molar-refractivity contribution is 6.33. The number of methoxy groups -OCH3 is 1. The van der Waals surface area contributed by atoms with E-state index in [0.29, 0.717) is 16.5 Å². The minimum Gasteiger partial charge on any atom is -0.496 e. The number of aryl methyl sites for hydroxylation is 1. The molecule has 2 rings (SSSR count). The predicted molar refractivity (Wildman–Crippen MR) is 87.4 cm³/mol. The summed E-state index contributed by atoms with van der Waals surface area (Å²) >= 11 is 12.2. The summed E-state index contributed by atoms with van der Waals surface area (Å²) < 4.78 is 5.42. The number of ether oxygens (including phenoxy) is 1. The second-order valence-electron chi connectivity index (χ2n) is 5.02. The molecule has 0 saturated heterocycles. The SMILES string of the molecule is COc1c(C)cnc(CC(N)c2cc(Cl)ccc2Cl)c1C. The lowest BCUT2D eigenvalue weighted by molar-refractivity contribution is 0.406. The zero-order valence-corrected chi connectivity index (χ0v) is 13.8. The van der Waals surface area contributed by atoms with Crippen molar-refractivity contribution in [3.63, 3.8) is 0 Å². The lowest BCUT2D eigenvalue weighted by Gasteiger charge is -2.17. The topological polar surface area (TPSA) is 48.1 Å². The van der Waals surface area contributed by atoms with Crippen LogP contribution in [0.1, 0.15) is 28.4 Å². The third-order valence-corrected chi connectivity index (χ3v) is 4.10. The van der Waals surface area contributed by atoms with Gasteiger partial charge < -0.3 is 10.5 Å². The molecule has 0 aliphatic heterocycles. The number of halogens is 2. The molecule has 1 aromatic carbocycles. The van der Waals surface area contributed by atoms with Crippen LogP contribution in [0.2, 0.25) is 10.0 Å². The van der Waals surface area contributed by atoms with E-state index in [0.717, 1.165) is 28.1 Å². The summed E-state index contributed by atoms with van der Waals surface area (Å²) in [4.78, 5) is 4.47. The third-order valence-electron chi connectivity index (χ3n) is 3.52. The van der Waals surface area contributed by atoms with Gasteiger partial charge >= 0.3 is 0 Å². The first-order valence-electron chi connectivity index (χ1n) is 6.63. The first-order valence-corrected chi connectivity index (χ1v) is 7.39. The quantitative estimate of drug-likeness (QED) is 0.914. The second-order valence-corrected chi connectivity index (χ2v) is 5.87. The molecular formula is C16H18Cl2N2O. The zero-order valence-electron chi connectivity index (χ0n) is 12.3. The normalized spacial score (nSPS) is 12.3. The number of hydrogen-bond donors (Lipinski definition) is 1. The Morgan fingerprint density at radius 2 is 2.00 bits per heavy atom. The molecule has 0 amide bonds. The molecule has 3 nitrogen and oxygen atoms in total. The van der Waals surface area contributed by atoms with E-state index in [1.165, 1.54) is 0 Å². The lowest BCUT2D eigenvalue weighted by Crippen LogP contribution is -2.16. The molecule has 2 aromatic rings. The van der Waals surface area contributed by atoms with E-state index in [-0.39, 0.29) is 6.04 Å². The van der Waals surface area contributed by atoms with Crippen LogP contribution in [0.5, 0.6) is 5.75 Å². The molecule has 1 heterocycles. The minimum absolute atomic E-state index is 0.269. The molecule has 1 aromatic heterocycles.